The first-order valence-electron chi connectivity index (χ1n) is 8.99. The van der Waals surface area contributed by atoms with Gasteiger partial charge >= 0.3 is 0 Å². The summed E-state index contributed by atoms with van der Waals surface area (Å²) in [5.74, 6) is 1.22. The molecular weight excluding hydrogens is 310 g/mol. The third kappa shape index (κ3) is 2.85. The third-order valence-corrected chi connectivity index (χ3v) is 5.38. The lowest BCUT2D eigenvalue weighted by Crippen LogP contribution is -2.35. The Labute approximate surface area is 141 Å². The van der Waals surface area contributed by atoms with E-state index in [0.29, 0.717) is 11.8 Å². The number of hydrogen-bond acceptors (Lipinski definition) is 7. The van der Waals surface area contributed by atoms with Crippen molar-refractivity contribution in [2.45, 2.75) is 69.4 Å². The maximum Gasteiger partial charge on any atom is 0.228 e. The molecule has 132 valence electrons. The fraction of sp³-hybridized carbons (Fsp3) is 0.765. The van der Waals surface area contributed by atoms with Gasteiger partial charge in [-0.2, -0.15) is 4.98 Å². The molecule has 1 saturated carbocycles. The van der Waals surface area contributed by atoms with Gasteiger partial charge < -0.3 is 25.0 Å². The molecule has 4 unspecified atom stereocenters. The summed E-state index contributed by atoms with van der Waals surface area (Å²) in [6.07, 6.45) is 2.73. The maximum absolute atomic E-state index is 10.1. The van der Waals surface area contributed by atoms with Crippen molar-refractivity contribution < 1.29 is 20.1 Å². The summed E-state index contributed by atoms with van der Waals surface area (Å²) in [7, 11) is 0. The van der Waals surface area contributed by atoms with E-state index in [0.717, 1.165) is 56.5 Å². The van der Waals surface area contributed by atoms with Gasteiger partial charge in [-0.15, -0.1) is 0 Å². The molecule has 7 nitrogen and oxygen atoms in total. The molecule has 2 fully saturated rings. The molecule has 4 rings (SSSR count). The standard InChI is InChI=1S/C17H25N3O4/c21-12-9-13(15(23)14(12)22)24-16-10-5-4-6-11(10)18-17(19-16)20-7-2-1-3-8-20/h12-15,21-23H,1-9H2. The minimum Gasteiger partial charge on any atom is -0.471 e. The molecule has 4 atom stereocenters. The normalized spacial score (nSPS) is 32.9. The number of anilines is 1. The maximum atomic E-state index is 10.1. The molecule has 3 aliphatic rings. The molecule has 7 heteroatoms. The fourth-order valence-electron chi connectivity index (χ4n) is 3.94. The molecule has 1 aromatic rings. The van der Waals surface area contributed by atoms with Crippen LogP contribution in [0.2, 0.25) is 0 Å². The molecule has 0 spiro atoms. The van der Waals surface area contributed by atoms with Crippen LogP contribution in [0.4, 0.5) is 5.95 Å². The lowest BCUT2D eigenvalue weighted by atomic mass is 10.1. The van der Waals surface area contributed by atoms with Gasteiger partial charge in [0.05, 0.1) is 11.8 Å². The molecule has 1 aliphatic heterocycles. The van der Waals surface area contributed by atoms with Crippen LogP contribution in [-0.4, -0.2) is 62.8 Å². The van der Waals surface area contributed by atoms with Crippen LogP contribution in [0, 0.1) is 0 Å². The largest absolute Gasteiger partial charge is 0.471 e. The molecule has 3 N–H and O–H groups in total. The number of aromatic nitrogens is 2. The van der Waals surface area contributed by atoms with Crippen molar-refractivity contribution in [3.8, 4) is 5.88 Å². The SMILES string of the molecule is OC1CC(Oc2nc(N3CCCCC3)nc3c2CCC3)C(O)C1O. The van der Waals surface area contributed by atoms with E-state index in [1.165, 1.54) is 6.42 Å². The van der Waals surface area contributed by atoms with Gasteiger partial charge in [-0.05, 0) is 38.5 Å². The van der Waals surface area contributed by atoms with Gasteiger partial charge in [0.25, 0.3) is 0 Å². The van der Waals surface area contributed by atoms with Crippen molar-refractivity contribution >= 4 is 5.95 Å². The smallest absolute Gasteiger partial charge is 0.228 e. The molecule has 2 heterocycles. The lowest BCUT2D eigenvalue weighted by Gasteiger charge is -2.28. The van der Waals surface area contributed by atoms with Gasteiger partial charge in [-0.3, -0.25) is 0 Å². The Balaban J connectivity index is 1.61. The van der Waals surface area contributed by atoms with E-state index >= 15 is 0 Å². The zero-order valence-corrected chi connectivity index (χ0v) is 13.8. The van der Waals surface area contributed by atoms with Gasteiger partial charge in [0.15, 0.2) is 0 Å². The Kier molecular flexibility index (Phi) is 4.32. The number of aryl methyl sites for hydroxylation is 1. The van der Waals surface area contributed by atoms with Crippen molar-refractivity contribution in [1.29, 1.82) is 0 Å². The van der Waals surface area contributed by atoms with Crippen LogP contribution >= 0.6 is 0 Å². The molecule has 2 aliphatic carbocycles. The molecule has 0 radical (unpaired) electrons. The van der Waals surface area contributed by atoms with Crippen LogP contribution in [0.5, 0.6) is 5.88 Å². The highest BCUT2D eigenvalue weighted by Crippen LogP contribution is 2.33. The molecular formula is C17H25N3O4. The number of aliphatic hydroxyl groups excluding tert-OH is 3. The summed E-state index contributed by atoms with van der Waals surface area (Å²) in [6, 6.07) is 0. The molecule has 0 aromatic carbocycles. The number of nitrogens with zero attached hydrogens (tertiary/aromatic N) is 3. The Morgan fingerprint density at radius 1 is 0.917 bits per heavy atom. The van der Waals surface area contributed by atoms with Crippen LogP contribution < -0.4 is 9.64 Å². The molecule has 0 amide bonds. The van der Waals surface area contributed by atoms with E-state index in [9.17, 15) is 15.3 Å². The minimum atomic E-state index is -1.16. The number of piperidine rings is 1. The van der Waals surface area contributed by atoms with Gasteiger partial charge in [0.1, 0.15) is 18.3 Å². The number of rotatable bonds is 3. The van der Waals surface area contributed by atoms with E-state index in [1.807, 2.05) is 0 Å². The van der Waals surface area contributed by atoms with E-state index in [-0.39, 0.29) is 6.42 Å². The van der Waals surface area contributed by atoms with Crippen LogP contribution in [-0.2, 0) is 12.8 Å². The predicted molar refractivity (Wildman–Crippen MR) is 87.2 cm³/mol. The average molecular weight is 335 g/mol. The Morgan fingerprint density at radius 2 is 1.71 bits per heavy atom. The van der Waals surface area contributed by atoms with Crippen molar-refractivity contribution in [2.75, 3.05) is 18.0 Å². The molecule has 1 saturated heterocycles. The van der Waals surface area contributed by atoms with Crippen LogP contribution in [0.3, 0.4) is 0 Å². The first kappa shape index (κ1) is 16.1. The number of hydrogen-bond donors (Lipinski definition) is 3. The Hall–Kier alpha value is -1.44. The van der Waals surface area contributed by atoms with Gasteiger partial charge in [-0.1, -0.05) is 0 Å². The number of ether oxygens (including phenoxy) is 1. The number of aliphatic hydroxyl groups is 3. The summed E-state index contributed by atoms with van der Waals surface area (Å²) >= 11 is 0. The lowest BCUT2D eigenvalue weighted by molar-refractivity contribution is -0.0374. The van der Waals surface area contributed by atoms with E-state index < -0.39 is 24.4 Å². The van der Waals surface area contributed by atoms with Gasteiger partial charge in [-0.25, -0.2) is 4.98 Å². The minimum absolute atomic E-state index is 0.208. The van der Waals surface area contributed by atoms with Crippen LogP contribution in [0.15, 0.2) is 0 Å². The highest BCUT2D eigenvalue weighted by molar-refractivity contribution is 5.43. The van der Waals surface area contributed by atoms with Crippen molar-refractivity contribution in [3.63, 3.8) is 0 Å². The Bertz CT molecular complexity index is 606. The highest BCUT2D eigenvalue weighted by Gasteiger charge is 2.43. The second kappa shape index (κ2) is 6.46. The third-order valence-electron chi connectivity index (χ3n) is 5.38. The summed E-state index contributed by atoms with van der Waals surface area (Å²) < 4.78 is 5.95. The first-order chi connectivity index (χ1) is 11.6. The van der Waals surface area contributed by atoms with E-state index in [1.54, 1.807) is 0 Å². The summed E-state index contributed by atoms with van der Waals surface area (Å²) in [4.78, 5) is 11.6. The highest BCUT2D eigenvalue weighted by atomic mass is 16.5. The monoisotopic (exact) mass is 335 g/mol. The number of fused-ring (bicyclic) bond motifs is 1. The summed E-state index contributed by atoms with van der Waals surface area (Å²) in [5, 5.41) is 29.5. The van der Waals surface area contributed by atoms with E-state index in [2.05, 4.69) is 9.88 Å². The van der Waals surface area contributed by atoms with Gasteiger partial charge in [0.2, 0.25) is 11.8 Å². The van der Waals surface area contributed by atoms with Crippen LogP contribution in [0.1, 0.15) is 43.4 Å². The second-order valence-corrected chi connectivity index (χ2v) is 7.10. The zero-order chi connectivity index (χ0) is 16.7. The Morgan fingerprint density at radius 3 is 2.42 bits per heavy atom. The second-order valence-electron chi connectivity index (χ2n) is 7.10. The van der Waals surface area contributed by atoms with Crippen molar-refractivity contribution in [2.24, 2.45) is 0 Å². The quantitative estimate of drug-likeness (QED) is 0.725. The predicted octanol–water partition coefficient (Wildman–Crippen LogP) is 0.189. The van der Waals surface area contributed by atoms with Crippen LogP contribution in [0.25, 0.3) is 0 Å². The average Bonchev–Trinajstić information content (AvgIpc) is 3.17. The molecule has 24 heavy (non-hydrogen) atoms. The molecule has 1 aromatic heterocycles. The summed E-state index contributed by atoms with van der Waals surface area (Å²) in [5.41, 5.74) is 2.05. The zero-order valence-electron chi connectivity index (χ0n) is 13.8. The van der Waals surface area contributed by atoms with Crippen molar-refractivity contribution in [3.05, 3.63) is 11.3 Å². The van der Waals surface area contributed by atoms with E-state index in [4.69, 9.17) is 9.72 Å². The van der Waals surface area contributed by atoms with Gasteiger partial charge in [0, 0.05) is 25.1 Å². The molecule has 0 bridgehead atoms. The van der Waals surface area contributed by atoms with Crippen molar-refractivity contribution in [1.82, 2.24) is 9.97 Å². The summed E-state index contributed by atoms with van der Waals surface area (Å²) in [6.45, 7) is 1.92. The topological polar surface area (TPSA) is 98.9 Å². The first-order valence-corrected chi connectivity index (χ1v) is 8.99. The fourth-order valence-corrected chi connectivity index (χ4v) is 3.94.